The zero-order valence-electron chi connectivity index (χ0n) is 13.0. The molecule has 0 aliphatic carbocycles. The van der Waals surface area contributed by atoms with Crippen LogP contribution in [0.1, 0.15) is 46.8 Å². The van der Waals surface area contributed by atoms with Gasteiger partial charge in [0, 0.05) is 16.9 Å². The molecule has 0 saturated carbocycles. The summed E-state index contributed by atoms with van der Waals surface area (Å²) in [5, 5.41) is 2.97. The number of aryl methyl sites for hydroxylation is 1. The number of hydrogen-bond acceptors (Lipinski definition) is 2. The molecule has 110 valence electrons. The van der Waals surface area contributed by atoms with Crippen LogP contribution in [0.3, 0.4) is 0 Å². The Kier molecular flexibility index (Phi) is 4.32. The van der Waals surface area contributed by atoms with E-state index in [1.807, 2.05) is 50.2 Å². The number of nitrogens with one attached hydrogen (secondary N) is 1. The van der Waals surface area contributed by atoms with Crippen LogP contribution in [0.25, 0.3) is 0 Å². The molecular weight excluding hydrogens is 260 g/mol. The van der Waals surface area contributed by atoms with Crippen molar-refractivity contribution in [2.24, 2.45) is 0 Å². The Morgan fingerprint density at radius 1 is 1.05 bits per heavy atom. The average molecular weight is 282 g/mol. The SMILES string of the molecule is Cc1ccc(N)c(C)c1NC(=O)c1ccc(C(C)C)cc1. The van der Waals surface area contributed by atoms with Gasteiger partial charge in [0.05, 0.1) is 0 Å². The molecule has 3 nitrogen and oxygen atoms in total. The first-order chi connectivity index (χ1) is 9.90. The number of nitrogen functional groups attached to an aromatic ring is 1. The monoisotopic (exact) mass is 282 g/mol. The van der Waals surface area contributed by atoms with Gasteiger partial charge in [-0.2, -0.15) is 0 Å². The first kappa shape index (κ1) is 15.1. The molecular formula is C18H22N2O. The van der Waals surface area contributed by atoms with E-state index < -0.39 is 0 Å². The highest BCUT2D eigenvalue weighted by Crippen LogP contribution is 2.26. The molecule has 3 heteroatoms. The Bertz CT molecular complexity index is 658. The fourth-order valence-corrected chi connectivity index (χ4v) is 2.26. The van der Waals surface area contributed by atoms with Crippen LogP contribution in [0.2, 0.25) is 0 Å². The molecule has 0 bridgehead atoms. The highest BCUT2D eigenvalue weighted by molar-refractivity contribution is 6.05. The topological polar surface area (TPSA) is 55.1 Å². The molecule has 0 radical (unpaired) electrons. The molecule has 0 aliphatic rings. The van der Waals surface area contributed by atoms with Crippen molar-refractivity contribution < 1.29 is 4.79 Å². The maximum atomic E-state index is 12.4. The summed E-state index contributed by atoms with van der Waals surface area (Å²) >= 11 is 0. The van der Waals surface area contributed by atoms with Crippen LogP contribution in [-0.2, 0) is 0 Å². The average Bonchev–Trinajstić information content (AvgIpc) is 2.47. The molecule has 0 heterocycles. The molecule has 2 rings (SSSR count). The van der Waals surface area contributed by atoms with Gasteiger partial charge in [-0.15, -0.1) is 0 Å². The molecule has 0 aromatic heterocycles. The minimum atomic E-state index is -0.109. The van der Waals surface area contributed by atoms with Crippen LogP contribution in [0.15, 0.2) is 36.4 Å². The highest BCUT2D eigenvalue weighted by atomic mass is 16.1. The number of carbonyl (C=O) groups excluding carboxylic acids is 1. The molecule has 0 unspecified atom stereocenters. The van der Waals surface area contributed by atoms with E-state index >= 15 is 0 Å². The molecule has 2 aromatic rings. The number of rotatable bonds is 3. The van der Waals surface area contributed by atoms with Crippen molar-refractivity contribution in [3.8, 4) is 0 Å². The van der Waals surface area contributed by atoms with Crippen molar-refractivity contribution in [2.45, 2.75) is 33.6 Å². The number of benzene rings is 2. The van der Waals surface area contributed by atoms with E-state index in [2.05, 4.69) is 19.2 Å². The smallest absolute Gasteiger partial charge is 0.255 e. The molecule has 0 spiro atoms. The Morgan fingerprint density at radius 2 is 1.67 bits per heavy atom. The Morgan fingerprint density at radius 3 is 2.24 bits per heavy atom. The van der Waals surface area contributed by atoms with Gasteiger partial charge >= 0.3 is 0 Å². The zero-order chi connectivity index (χ0) is 15.6. The van der Waals surface area contributed by atoms with E-state index in [-0.39, 0.29) is 5.91 Å². The van der Waals surface area contributed by atoms with E-state index in [4.69, 9.17) is 5.73 Å². The third-order valence-corrected chi connectivity index (χ3v) is 3.79. The maximum Gasteiger partial charge on any atom is 0.255 e. The number of hydrogen-bond donors (Lipinski definition) is 2. The quantitative estimate of drug-likeness (QED) is 0.826. The molecule has 0 saturated heterocycles. The summed E-state index contributed by atoms with van der Waals surface area (Å²) in [6.07, 6.45) is 0. The normalized spacial score (nSPS) is 10.7. The predicted octanol–water partition coefficient (Wildman–Crippen LogP) is 4.26. The minimum absolute atomic E-state index is 0.109. The maximum absolute atomic E-state index is 12.4. The van der Waals surface area contributed by atoms with E-state index in [1.54, 1.807) is 0 Å². The van der Waals surface area contributed by atoms with Gasteiger partial charge in [0.25, 0.3) is 5.91 Å². The second-order valence-electron chi connectivity index (χ2n) is 5.70. The molecule has 21 heavy (non-hydrogen) atoms. The molecule has 1 amide bonds. The van der Waals surface area contributed by atoms with Crippen LogP contribution < -0.4 is 11.1 Å². The van der Waals surface area contributed by atoms with Gasteiger partial charge in [-0.25, -0.2) is 0 Å². The van der Waals surface area contributed by atoms with Crippen molar-refractivity contribution in [3.63, 3.8) is 0 Å². The number of carbonyl (C=O) groups is 1. The second-order valence-corrected chi connectivity index (χ2v) is 5.70. The van der Waals surface area contributed by atoms with Gasteiger partial charge in [0.1, 0.15) is 0 Å². The minimum Gasteiger partial charge on any atom is -0.398 e. The molecule has 0 atom stereocenters. The standard InChI is InChI=1S/C18H22N2O/c1-11(2)14-6-8-15(9-7-14)18(21)20-17-12(3)5-10-16(19)13(17)4/h5-11H,19H2,1-4H3,(H,20,21). The van der Waals surface area contributed by atoms with E-state index in [0.717, 1.165) is 16.8 Å². The van der Waals surface area contributed by atoms with Gasteiger partial charge in [0.15, 0.2) is 0 Å². The number of amides is 1. The summed E-state index contributed by atoms with van der Waals surface area (Å²) in [7, 11) is 0. The van der Waals surface area contributed by atoms with Gasteiger partial charge < -0.3 is 11.1 Å². The van der Waals surface area contributed by atoms with E-state index in [9.17, 15) is 4.79 Å². The summed E-state index contributed by atoms with van der Waals surface area (Å²) in [4.78, 5) is 12.4. The predicted molar refractivity (Wildman–Crippen MR) is 88.8 cm³/mol. The summed E-state index contributed by atoms with van der Waals surface area (Å²) in [5.74, 6) is 0.350. The summed E-state index contributed by atoms with van der Waals surface area (Å²) in [6.45, 7) is 8.15. The first-order valence-electron chi connectivity index (χ1n) is 7.17. The van der Waals surface area contributed by atoms with Crippen molar-refractivity contribution in [3.05, 3.63) is 58.7 Å². The largest absolute Gasteiger partial charge is 0.398 e. The van der Waals surface area contributed by atoms with Gasteiger partial charge in [0.2, 0.25) is 0 Å². The molecule has 3 N–H and O–H groups in total. The van der Waals surface area contributed by atoms with Crippen LogP contribution in [0.5, 0.6) is 0 Å². The lowest BCUT2D eigenvalue weighted by molar-refractivity contribution is 0.102. The Hall–Kier alpha value is -2.29. The molecule has 0 aliphatic heterocycles. The van der Waals surface area contributed by atoms with E-state index in [1.165, 1.54) is 5.56 Å². The van der Waals surface area contributed by atoms with Gasteiger partial charge in [-0.3, -0.25) is 4.79 Å². The van der Waals surface area contributed by atoms with Crippen molar-refractivity contribution in [1.82, 2.24) is 0 Å². The van der Waals surface area contributed by atoms with Crippen LogP contribution >= 0.6 is 0 Å². The van der Waals surface area contributed by atoms with Crippen molar-refractivity contribution >= 4 is 17.3 Å². The first-order valence-corrected chi connectivity index (χ1v) is 7.17. The lowest BCUT2D eigenvalue weighted by atomic mass is 10.0. The van der Waals surface area contributed by atoms with E-state index in [0.29, 0.717) is 17.2 Å². The number of nitrogens with two attached hydrogens (primary N) is 1. The third kappa shape index (κ3) is 3.24. The summed E-state index contributed by atoms with van der Waals surface area (Å²) in [5.41, 5.74) is 11.2. The number of anilines is 2. The van der Waals surface area contributed by atoms with Crippen molar-refractivity contribution in [1.29, 1.82) is 0 Å². The molecule has 0 fully saturated rings. The van der Waals surface area contributed by atoms with Gasteiger partial charge in [-0.1, -0.05) is 32.0 Å². The molecule has 2 aromatic carbocycles. The summed E-state index contributed by atoms with van der Waals surface area (Å²) < 4.78 is 0. The summed E-state index contributed by atoms with van der Waals surface area (Å²) in [6, 6.07) is 11.5. The lowest BCUT2D eigenvalue weighted by Gasteiger charge is -2.14. The zero-order valence-corrected chi connectivity index (χ0v) is 13.0. The van der Waals surface area contributed by atoms with Gasteiger partial charge in [-0.05, 0) is 54.7 Å². The fourth-order valence-electron chi connectivity index (χ4n) is 2.26. The Balaban J connectivity index is 2.24. The Labute approximate surface area is 126 Å². The lowest BCUT2D eigenvalue weighted by Crippen LogP contribution is -2.14. The van der Waals surface area contributed by atoms with Crippen LogP contribution in [-0.4, -0.2) is 5.91 Å². The second kappa shape index (κ2) is 6.00. The van der Waals surface area contributed by atoms with Crippen LogP contribution in [0, 0.1) is 13.8 Å². The van der Waals surface area contributed by atoms with Crippen LogP contribution in [0.4, 0.5) is 11.4 Å². The highest BCUT2D eigenvalue weighted by Gasteiger charge is 2.11. The third-order valence-electron chi connectivity index (χ3n) is 3.79. The fraction of sp³-hybridized carbons (Fsp3) is 0.278. The van der Waals surface area contributed by atoms with Crippen molar-refractivity contribution in [2.75, 3.05) is 11.1 Å².